The first-order valence-corrected chi connectivity index (χ1v) is 5.13. The number of amides is 1. The van der Waals surface area contributed by atoms with Gasteiger partial charge in [0.1, 0.15) is 0 Å². The molecule has 0 aliphatic carbocycles. The van der Waals surface area contributed by atoms with Crippen molar-refractivity contribution >= 4 is 23.1 Å². The molecule has 0 radical (unpaired) electrons. The fraction of sp³-hybridized carbons (Fsp3) is 0.273. The van der Waals surface area contributed by atoms with Crippen molar-refractivity contribution in [2.45, 2.75) is 13.3 Å². The molecule has 0 saturated carbocycles. The van der Waals surface area contributed by atoms with Crippen LogP contribution in [0.1, 0.15) is 22.3 Å². The summed E-state index contributed by atoms with van der Waals surface area (Å²) in [7, 11) is 0. The molecule has 0 aliphatic heterocycles. The topological polar surface area (TPSA) is 55.1 Å². The molecular formula is C11H14N2OS. The lowest BCUT2D eigenvalue weighted by molar-refractivity contribution is 0.0954. The van der Waals surface area contributed by atoms with Crippen molar-refractivity contribution in [2.75, 3.05) is 6.54 Å². The minimum atomic E-state index is -0.0880. The second kappa shape index (κ2) is 5.46. The van der Waals surface area contributed by atoms with Crippen molar-refractivity contribution in [2.24, 2.45) is 5.73 Å². The quantitative estimate of drug-likeness (QED) is 0.757. The average Bonchev–Trinajstić information content (AvgIpc) is 2.17. The molecule has 15 heavy (non-hydrogen) atoms. The van der Waals surface area contributed by atoms with Crippen molar-refractivity contribution in [1.29, 1.82) is 0 Å². The molecule has 0 heterocycles. The van der Waals surface area contributed by atoms with E-state index >= 15 is 0 Å². The highest BCUT2D eigenvalue weighted by molar-refractivity contribution is 7.80. The monoisotopic (exact) mass is 222 g/mol. The van der Waals surface area contributed by atoms with Gasteiger partial charge in [0.15, 0.2) is 0 Å². The maximum Gasteiger partial charge on any atom is 0.251 e. The van der Waals surface area contributed by atoms with Crippen LogP contribution in [0.25, 0.3) is 0 Å². The minimum Gasteiger partial charge on any atom is -0.393 e. The third-order valence-corrected chi connectivity index (χ3v) is 2.14. The van der Waals surface area contributed by atoms with Gasteiger partial charge in [-0.3, -0.25) is 4.79 Å². The molecule has 0 aliphatic rings. The Morgan fingerprint density at radius 1 is 1.53 bits per heavy atom. The lowest BCUT2D eigenvalue weighted by atomic mass is 10.1. The molecule has 3 N–H and O–H groups in total. The number of hydrogen-bond donors (Lipinski definition) is 2. The molecule has 1 aromatic rings. The van der Waals surface area contributed by atoms with Crippen LogP contribution in [-0.2, 0) is 0 Å². The SMILES string of the molecule is Cc1cccc(C(=O)NCCC(N)=S)c1. The maximum atomic E-state index is 11.6. The van der Waals surface area contributed by atoms with E-state index in [1.54, 1.807) is 6.07 Å². The van der Waals surface area contributed by atoms with Gasteiger partial charge in [0, 0.05) is 18.5 Å². The second-order valence-electron chi connectivity index (χ2n) is 3.34. The van der Waals surface area contributed by atoms with Gasteiger partial charge in [-0.15, -0.1) is 0 Å². The Hall–Kier alpha value is -1.42. The van der Waals surface area contributed by atoms with E-state index in [1.165, 1.54) is 0 Å². The van der Waals surface area contributed by atoms with E-state index in [9.17, 15) is 4.79 Å². The summed E-state index contributed by atoms with van der Waals surface area (Å²) in [5.74, 6) is -0.0880. The molecule has 0 atom stereocenters. The van der Waals surface area contributed by atoms with Gasteiger partial charge in [-0.2, -0.15) is 0 Å². The highest BCUT2D eigenvalue weighted by atomic mass is 32.1. The number of aryl methyl sites for hydroxylation is 1. The van der Waals surface area contributed by atoms with E-state index in [4.69, 9.17) is 18.0 Å². The van der Waals surface area contributed by atoms with Gasteiger partial charge < -0.3 is 11.1 Å². The van der Waals surface area contributed by atoms with Crippen LogP contribution >= 0.6 is 12.2 Å². The normalized spacial score (nSPS) is 9.67. The first-order chi connectivity index (χ1) is 7.09. The molecule has 1 aromatic carbocycles. The van der Waals surface area contributed by atoms with Crippen LogP contribution in [0.15, 0.2) is 24.3 Å². The van der Waals surface area contributed by atoms with Gasteiger partial charge in [0.25, 0.3) is 5.91 Å². The van der Waals surface area contributed by atoms with E-state index in [-0.39, 0.29) is 5.91 Å². The van der Waals surface area contributed by atoms with Crippen molar-refractivity contribution in [1.82, 2.24) is 5.32 Å². The first-order valence-electron chi connectivity index (χ1n) is 4.73. The molecule has 0 spiro atoms. The van der Waals surface area contributed by atoms with Crippen LogP contribution in [0.4, 0.5) is 0 Å². The number of hydrogen-bond acceptors (Lipinski definition) is 2. The van der Waals surface area contributed by atoms with E-state index in [2.05, 4.69) is 5.32 Å². The Balaban J connectivity index is 2.50. The Labute approximate surface area is 94.7 Å². The number of rotatable bonds is 4. The van der Waals surface area contributed by atoms with Gasteiger partial charge >= 0.3 is 0 Å². The van der Waals surface area contributed by atoms with Gasteiger partial charge in [0.05, 0.1) is 4.99 Å². The number of nitrogens with one attached hydrogen (secondary N) is 1. The van der Waals surface area contributed by atoms with Crippen LogP contribution in [0.5, 0.6) is 0 Å². The van der Waals surface area contributed by atoms with E-state index in [1.807, 2.05) is 25.1 Å². The Bertz CT molecular complexity index is 377. The summed E-state index contributed by atoms with van der Waals surface area (Å²) in [5.41, 5.74) is 7.05. The van der Waals surface area contributed by atoms with Crippen LogP contribution in [-0.4, -0.2) is 17.4 Å². The van der Waals surface area contributed by atoms with Gasteiger partial charge in [0.2, 0.25) is 0 Å². The maximum absolute atomic E-state index is 11.6. The summed E-state index contributed by atoms with van der Waals surface area (Å²) >= 11 is 4.71. The van der Waals surface area contributed by atoms with E-state index in [0.717, 1.165) is 5.56 Å². The number of carbonyl (C=O) groups is 1. The number of benzene rings is 1. The summed E-state index contributed by atoms with van der Waals surface area (Å²) in [5, 5.41) is 2.75. The van der Waals surface area contributed by atoms with E-state index in [0.29, 0.717) is 23.5 Å². The molecule has 1 rings (SSSR count). The molecule has 0 fully saturated rings. The predicted molar refractivity (Wildman–Crippen MR) is 64.9 cm³/mol. The molecule has 0 aromatic heterocycles. The zero-order chi connectivity index (χ0) is 11.3. The first kappa shape index (κ1) is 11.7. The highest BCUT2D eigenvalue weighted by Gasteiger charge is 2.03. The number of thiocarbonyl (C=S) groups is 1. The zero-order valence-electron chi connectivity index (χ0n) is 8.62. The molecule has 0 unspecified atom stereocenters. The fourth-order valence-electron chi connectivity index (χ4n) is 1.19. The third kappa shape index (κ3) is 4.08. The Kier molecular flexibility index (Phi) is 4.24. The van der Waals surface area contributed by atoms with Crippen LogP contribution < -0.4 is 11.1 Å². The fourth-order valence-corrected chi connectivity index (χ4v) is 1.29. The van der Waals surface area contributed by atoms with Gasteiger partial charge in [-0.05, 0) is 19.1 Å². The summed E-state index contributed by atoms with van der Waals surface area (Å²) in [4.78, 5) is 12.0. The van der Waals surface area contributed by atoms with Crippen molar-refractivity contribution in [3.05, 3.63) is 35.4 Å². The summed E-state index contributed by atoms with van der Waals surface area (Å²) in [6.45, 7) is 2.44. The van der Waals surface area contributed by atoms with Crippen molar-refractivity contribution in [3.8, 4) is 0 Å². The van der Waals surface area contributed by atoms with Gasteiger partial charge in [-0.1, -0.05) is 29.9 Å². The largest absolute Gasteiger partial charge is 0.393 e. The van der Waals surface area contributed by atoms with E-state index < -0.39 is 0 Å². The summed E-state index contributed by atoms with van der Waals surface area (Å²) in [6.07, 6.45) is 0.535. The zero-order valence-corrected chi connectivity index (χ0v) is 9.43. The molecule has 4 heteroatoms. The lowest BCUT2D eigenvalue weighted by Crippen LogP contribution is -2.27. The third-order valence-electron chi connectivity index (χ3n) is 1.94. The van der Waals surface area contributed by atoms with Gasteiger partial charge in [-0.25, -0.2) is 0 Å². The minimum absolute atomic E-state index is 0.0880. The smallest absolute Gasteiger partial charge is 0.251 e. The molecule has 1 amide bonds. The molecular weight excluding hydrogens is 208 g/mol. The highest BCUT2D eigenvalue weighted by Crippen LogP contribution is 2.03. The summed E-state index contributed by atoms with van der Waals surface area (Å²) < 4.78 is 0. The van der Waals surface area contributed by atoms with Crippen LogP contribution in [0, 0.1) is 6.92 Å². The Morgan fingerprint density at radius 3 is 2.87 bits per heavy atom. The second-order valence-corrected chi connectivity index (χ2v) is 3.87. The standard InChI is InChI=1S/C11H14N2OS/c1-8-3-2-4-9(7-8)11(14)13-6-5-10(12)15/h2-4,7H,5-6H2,1H3,(H2,12,15)(H,13,14). The lowest BCUT2D eigenvalue weighted by Gasteiger charge is -2.04. The predicted octanol–water partition coefficient (Wildman–Crippen LogP) is 1.40. The molecule has 0 bridgehead atoms. The van der Waals surface area contributed by atoms with Crippen molar-refractivity contribution in [3.63, 3.8) is 0 Å². The van der Waals surface area contributed by atoms with Crippen LogP contribution in [0.2, 0.25) is 0 Å². The Morgan fingerprint density at radius 2 is 2.27 bits per heavy atom. The molecule has 80 valence electrons. The van der Waals surface area contributed by atoms with Crippen molar-refractivity contribution < 1.29 is 4.79 Å². The van der Waals surface area contributed by atoms with Crippen LogP contribution in [0.3, 0.4) is 0 Å². The molecule has 0 saturated heterocycles. The average molecular weight is 222 g/mol. The summed E-state index contributed by atoms with van der Waals surface area (Å²) in [6, 6.07) is 7.43. The molecule has 3 nitrogen and oxygen atoms in total. The number of carbonyl (C=O) groups excluding carboxylic acids is 1. The number of nitrogens with two attached hydrogens (primary N) is 1.